The Morgan fingerprint density at radius 3 is 3.00 bits per heavy atom. The molecule has 0 bridgehead atoms. The van der Waals surface area contributed by atoms with E-state index in [1.807, 2.05) is 0 Å². The predicted octanol–water partition coefficient (Wildman–Crippen LogP) is 1.75. The molecule has 0 amide bonds. The highest BCUT2D eigenvalue weighted by Crippen LogP contribution is 2.15. The molecule has 12 heavy (non-hydrogen) atoms. The van der Waals surface area contributed by atoms with Crippen molar-refractivity contribution < 1.29 is 4.79 Å². The summed E-state index contributed by atoms with van der Waals surface area (Å²) in [6, 6.07) is 0.113. The maximum Gasteiger partial charge on any atom is 0.217 e. The van der Waals surface area contributed by atoms with Crippen LogP contribution in [0.2, 0.25) is 0 Å². The molecule has 1 saturated heterocycles. The lowest BCUT2D eigenvalue weighted by Crippen LogP contribution is -2.31. The molecule has 0 aliphatic carbocycles. The average molecular weight is 168 g/mol. The number of carbonyl (C=O) groups excluding carboxylic acids is 1. The minimum absolute atomic E-state index is 0.113. The molecule has 0 spiro atoms. The summed E-state index contributed by atoms with van der Waals surface area (Å²) in [6.07, 6.45) is 8.08. The summed E-state index contributed by atoms with van der Waals surface area (Å²) in [7, 11) is 0. The summed E-state index contributed by atoms with van der Waals surface area (Å²) in [5.41, 5.74) is 0. The van der Waals surface area contributed by atoms with Crippen LogP contribution in [0, 0.1) is 0 Å². The molecule has 0 aromatic carbocycles. The van der Waals surface area contributed by atoms with Gasteiger partial charge in [-0.25, -0.2) is 0 Å². The predicted molar refractivity (Wildman–Crippen MR) is 49.8 cm³/mol. The van der Waals surface area contributed by atoms with Crippen LogP contribution in [0.1, 0.15) is 39.0 Å². The normalized spacial score (nSPS) is 24.6. The minimum atomic E-state index is 0.113. The van der Waals surface area contributed by atoms with Gasteiger partial charge in [0.1, 0.15) is 0 Å². The first kappa shape index (κ1) is 9.72. The third-order valence-electron chi connectivity index (χ3n) is 2.55. The third kappa shape index (κ3) is 2.59. The molecule has 0 aromatic rings. The van der Waals surface area contributed by atoms with Crippen molar-refractivity contribution >= 4 is 6.29 Å². The van der Waals surface area contributed by atoms with Gasteiger partial charge in [0.25, 0.3) is 0 Å². The van der Waals surface area contributed by atoms with Crippen LogP contribution >= 0.6 is 0 Å². The Labute approximate surface area is 74.9 Å². The summed E-state index contributed by atoms with van der Waals surface area (Å²) >= 11 is 0. The number of hydrogen-bond donors (Lipinski definition) is 0. The van der Waals surface area contributed by atoms with Crippen LogP contribution in [-0.4, -0.2) is 30.3 Å². The van der Waals surface area contributed by atoms with Crippen molar-refractivity contribution in [2.45, 2.75) is 45.1 Å². The fourth-order valence-electron chi connectivity index (χ4n) is 1.79. The van der Waals surface area contributed by atoms with Gasteiger partial charge in [0.2, 0.25) is 6.29 Å². The first-order valence-corrected chi connectivity index (χ1v) is 5.00. The van der Waals surface area contributed by atoms with Crippen LogP contribution in [0.4, 0.5) is 0 Å². The fraction of sp³-hybridized carbons (Fsp3) is 0.900. The number of hydrogen-bond acceptors (Lipinski definition) is 2. The highest BCUT2D eigenvalue weighted by Gasteiger charge is 2.23. The molecule has 69 valence electrons. The maximum atomic E-state index is 10.5. The number of unbranched alkanes of at least 4 members (excludes halogenated alkanes) is 2. The van der Waals surface area contributed by atoms with Crippen molar-refractivity contribution in [2.75, 3.05) is 13.1 Å². The van der Waals surface area contributed by atoms with Crippen molar-refractivity contribution in [1.29, 1.82) is 0 Å². The van der Waals surface area contributed by atoms with Gasteiger partial charge in [-0.15, -0.1) is 0 Å². The molecule has 1 aliphatic heterocycles. The van der Waals surface area contributed by atoms with Gasteiger partial charge in [0.15, 0.2) is 0 Å². The van der Waals surface area contributed by atoms with E-state index in [9.17, 15) is 4.79 Å². The van der Waals surface area contributed by atoms with Crippen molar-refractivity contribution in [1.82, 2.24) is 4.90 Å². The Hall–Kier alpha value is -0.370. The molecule has 0 aromatic heterocycles. The van der Waals surface area contributed by atoms with E-state index in [2.05, 4.69) is 18.1 Å². The monoisotopic (exact) mass is 168 g/mol. The third-order valence-corrected chi connectivity index (χ3v) is 2.55. The van der Waals surface area contributed by atoms with E-state index in [1.54, 1.807) is 0 Å². The molecule has 2 heteroatoms. The van der Waals surface area contributed by atoms with Crippen molar-refractivity contribution in [3.8, 4) is 0 Å². The van der Waals surface area contributed by atoms with Gasteiger partial charge < -0.3 is 0 Å². The van der Waals surface area contributed by atoms with Gasteiger partial charge in [-0.05, 0) is 32.4 Å². The van der Waals surface area contributed by atoms with Gasteiger partial charge in [-0.1, -0.05) is 19.8 Å². The van der Waals surface area contributed by atoms with Crippen LogP contribution in [0.5, 0.6) is 0 Å². The summed E-state index contributed by atoms with van der Waals surface area (Å²) in [4.78, 5) is 12.8. The lowest BCUT2D eigenvalue weighted by molar-refractivity contribution is 0.289. The van der Waals surface area contributed by atoms with Gasteiger partial charge in [-0.3, -0.25) is 9.69 Å². The number of likely N-dealkylation sites (tertiary alicyclic amines) is 1. The zero-order valence-electron chi connectivity index (χ0n) is 7.88. The first-order valence-electron chi connectivity index (χ1n) is 5.00. The van der Waals surface area contributed by atoms with Crippen LogP contribution in [0.15, 0.2) is 0 Å². The molecule has 1 rings (SSSR count). The molecular formula is C10H18NO. The van der Waals surface area contributed by atoms with Crippen LogP contribution in [-0.2, 0) is 4.79 Å². The maximum absolute atomic E-state index is 10.5. The Kier molecular flexibility index (Phi) is 4.30. The molecular weight excluding hydrogens is 150 g/mol. The standard InChI is InChI=1S/C10H18NO/c1-2-3-4-7-11-8-5-6-10(11)9-12/h10H,2-8H2,1H3/t10-/m0/s1. The van der Waals surface area contributed by atoms with Crippen molar-refractivity contribution in [3.63, 3.8) is 0 Å². The Morgan fingerprint density at radius 2 is 2.33 bits per heavy atom. The molecule has 1 atom stereocenters. The van der Waals surface area contributed by atoms with Crippen molar-refractivity contribution in [2.24, 2.45) is 0 Å². The summed E-state index contributed by atoms with van der Waals surface area (Å²) < 4.78 is 0. The zero-order valence-corrected chi connectivity index (χ0v) is 7.88. The fourth-order valence-corrected chi connectivity index (χ4v) is 1.79. The molecule has 1 heterocycles. The first-order chi connectivity index (χ1) is 5.88. The number of rotatable bonds is 5. The topological polar surface area (TPSA) is 20.3 Å². The van der Waals surface area contributed by atoms with E-state index in [1.165, 1.54) is 25.7 Å². The second-order valence-electron chi connectivity index (χ2n) is 3.52. The van der Waals surface area contributed by atoms with E-state index in [4.69, 9.17) is 0 Å². The van der Waals surface area contributed by atoms with Crippen molar-refractivity contribution in [3.05, 3.63) is 0 Å². The van der Waals surface area contributed by atoms with Gasteiger partial charge in [0, 0.05) is 0 Å². The minimum Gasteiger partial charge on any atom is -0.293 e. The number of nitrogens with zero attached hydrogens (tertiary/aromatic N) is 1. The second-order valence-corrected chi connectivity index (χ2v) is 3.52. The summed E-state index contributed by atoms with van der Waals surface area (Å²) in [6.45, 7) is 4.39. The lowest BCUT2D eigenvalue weighted by atomic mass is 10.2. The van der Waals surface area contributed by atoms with Crippen LogP contribution in [0.25, 0.3) is 0 Å². The quantitative estimate of drug-likeness (QED) is 0.583. The molecule has 0 unspecified atom stereocenters. The average Bonchev–Trinajstić information content (AvgIpc) is 2.52. The SMILES string of the molecule is CCCCCN1CCC[C@H]1[C]=O. The van der Waals surface area contributed by atoms with E-state index in [-0.39, 0.29) is 6.04 Å². The smallest absolute Gasteiger partial charge is 0.217 e. The molecule has 1 radical (unpaired) electrons. The lowest BCUT2D eigenvalue weighted by Gasteiger charge is -2.18. The molecule has 0 N–H and O–H groups in total. The highest BCUT2D eigenvalue weighted by atomic mass is 16.1. The largest absolute Gasteiger partial charge is 0.293 e. The molecule has 1 fully saturated rings. The highest BCUT2D eigenvalue weighted by molar-refractivity contribution is 5.58. The van der Waals surface area contributed by atoms with Crippen LogP contribution < -0.4 is 0 Å². The van der Waals surface area contributed by atoms with Gasteiger partial charge in [0.05, 0.1) is 6.04 Å². The molecule has 1 aliphatic rings. The zero-order chi connectivity index (χ0) is 8.81. The van der Waals surface area contributed by atoms with E-state index in [0.717, 1.165) is 19.5 Å². The Morgan fingerprint density at radius 1 is 1.50 bits per heavy atom. The summed E-state index contributed by atoms with van der Waals surface area (Å²) in [5.74, 6) is 0. The van der Waals surface area contributed by atoms with Gasteiger partial charge in [-0.2, -0.15) is 0 Å². The van der Waals surface area contributed by atoms with E-state index < -0.39 is 0 Å². The second kappa shape index (κ2) is 5.31. The Balaban J connectivity index is 2.17. The molecule has 0 saturated carbocycles. The molecule has 2 nitrogen and oxygen atoms in total. The van der Waals surface area contributed by atoms with Crippen LogP contribution in [0.3, 0.4) is 0 Å². The van der Waals surface area contributed by atoms with E-state index >= 15 is 0 Å². The Bertz CT molecular complexity index is 136. The van der Waals surface area contributed by atoms with Gasteiger partial charge >= 0.3 is 0 Å². The summed E-state index contributed by atoms with van der Waals surface area (Å²) in [5, 5.41) is 0. The van der Waals surface area contributed by atoms with E-state index in [0.29, 0.717) is 0 Å².